The number of amides is 1. The maximum Gasteiger partial charge on any atom is 0.228 e. The molecule has 0 aromatic heterocycles. The second kappa shape index (κ2) is 6.64. The Bertz CT molecular complexity index is 621. The van der Waals surface area contributed by atoms with Crippen LogP contribution in [0, 0.1) is 11.8 Å². The number of anilines is 1. The third kappa shape index (κ3) is 3.30. The largest absolute Gasteiger partial charge is 0.550 e. The van der Waals surface area contributed by atoms with Gasteiger partial charge in [-0.05, 0) is 38.8 Å². The maximum atomic E-state index is 12.5. The summed E-state index contributed by atoms with van der Waals surface area (Å²) in [6.07, 6.45) is 0.795. The lowest BCUT2D eigenvalue weighted by molar-refractivity contribution is -0.313. The molecule has 5 nitrogen and oxygen atoms in total. The van der Waals surface area contributed by atoms with Crippen molar-refractivity contribution in [3.8, 4) is 5.75 Å². The molecule has 1 aliphatic carbocycles. The van der Waals surface area contributed by atoms with Gasteiger partial charge in [0.25, 0.3) is 0 Å². The van der Waals surface area contributed by atoms with E-state index in [-0.39, 0.29) is 5.91 Å². The molecule has 118 valence electrons. The Kier molecular flexibility index (Phi) is 4.85. The molecule has 0 unspecified atom stereocenters. The number of carboxylic acid groups (broad SMARTS) is 1. The number of hydrogen-bond acceptors (Lipinski definition) is 4. The topological polar surface area (TPSA) is 78.5 Å². The first-order chi connectivity index (χ1) is 10.4. The molecule has 1 N–H and O–H groups in total. The van der Waals surface area contributed by atoms with Gasteiger partial charge in [-0.3, -0.25) is 4.79 Å². The highest BCUT2D eigenvalue weighted by Gasteiger charge is 2.33. The Morgan fingerprint density at radius 1 is 1.14 bits per heavy atom. The van der Waals surface area contributed by atoms with Gasteiger partial charge in [0.2, 0.25) is 5.91 Å². The van der Waals surface area contributed by atoms with Gasteiger partial charge in [0, 0.05) is 11.9 Å². The van der Waals surface area contributed by atoms with Gasteiger partial charge in [-0.1, -0.05) is 23.3 Å². The summed E-state index contributed by atoms with van der Waals surface area (Å²) < 4.78 is 5.19. The molecule has 5 heteroatoms. The van der Waals surface area contributed by atoms with E-state index in [1.165, 1.54) is 7.11 Å². The third-order valence-electron chi connectivity index (χ3n) is 4.27. The van der Waals surface area contributed by atoms with Crippen LogP contribution in [0.3, 0.4) is 0 Å². The van der Waals surface area contributed by atoms with Crippen LogP contribution >= 0.6 is 0 Å². The number of methoxy groups -OCH3 is 1. The van der Waals surface area contributed by atoms with Crippen LogP contribution in [0.4, 0.5) is 5.69 Å². The van der Waals surface area contributed by atoms with Crippen molar-refractivity contribution < 1.29 is 19.4 Å². The number of carbonyl (C=O) groups is 2. The van der Waals surface area contributed by atoms with Crippen LogP contribution < -0.4 is 15.2 Å². The Morgan fingerprint density at radius 3 is 2.32 bits per heavy atom. The molecule has 0 fully saturated rings. The lowest BCUT2D eigenvalue weighted by atomic mass is 9.76. The van der Waals surface area contributed by atoms with Crippen molar-refractivity contribution in [2.45, 2.75) is 26.7 Å². The van der Waals surface area contributed by atoms with E-state index in [1.54, 1.807) is 24.3 Å². The second-order valence-corrected chi connectivity index (χ2v) is 5.69. The Morgan fingerprint density at radius 2 is 1.73 bits per heavy atom. The van der Waals surface area contributed by atoms with Crippen molar-refractivity contribution in [3.63, 3.8) is 0 Å². The van der Waals surface area contributed by atoms with Crippen molar-refractivity contribution in [1.29, 1.82) is 0 Å². The number of hydrogen-bond donors (Lipinski definition) is 1. The fourth-order valence-electron chi connectivity index (χ4n) is 2.79. The first kappa shape index (κ1) is 16.1. The fraction of sp³-hybridized carbons (Fsp3) is 0.412. The Balaban J connectivity index is 2.22. The second-order valence-electron chi connectivity index (χ2n) is 5.69. The number of aliphatic carboxylic acids is 1. The zero-order valence-electron chi connectivity index (χ0n) is 13.0. The summed E-state index contributed by atoms with van der Waals surface area (Å²) in [7, 11) is 1.52. The molecule has 0 saturated carbocycles. The lowest BCUT2D eigenvalue weighted by Gasteiger charge is -2.32. The number of carbonyl (C=O) groups excluding carboxylic acids is 2. The van der Waals surface area contributed by atoms with Crippen LogP contribution in [0.2, 0.25) is 0 Å². The molecular weight excluding hydrogens is 282 g/mol. The van der Waals surface area contributed by atoms with Gasteiger partial charge in [0.05, 0.1) is 18.7 Å². The van der Waals surface area contributed by atoms with Gasteiger partial charge >= 0.3 is 0 Å². The summed E-state index contributed by atoms with van der Waals surface area (Å²) in [5.41, 5.74) is 2.63. The number of ether oxygens (including phenoxy) is 1. The van der Waals surface area contributed by atoms with E-state index in [0.29, 0.717) is 24.3 Å². The van der Waals surface area contributed by atoms with E-state index in [4.69, 9.17) is 4.74 Å². The van der Waals surface area contributed by atoms with Crippen molar-refractivity contribution in [1.82, 2.24) is 0 Å². The van der Waals surface area contributed by atoms with Gasteiger partial charge in [0.1, 0.15) is 5.75 Å². The first-order valence-electron chi connectivity index (χ1n) is 7.24. The molecule has 0 saturated heterocycles. The van der Waals surface area contributed by atoms with Gasteiger partial charge in [-0.2, -0.15) is 0 Å². The molecule has 22 heavy (non-hydrogen) atoms. The number of carboxylic acids is 1. The number of para-hydroxylation sites is 2. The number of allylic oxidation sites excluding steroid dienone is 2. The first-order valence-corrected chi connectivity index (χ1v) is 7.24. The zero-order valence-corrected chi connectivity index (χ0v) is 13.0. The molecule has 1 aromatic carbocycles. The molecule has 0 spiro atoms. The van der Waals surface area contributed by atoms with E-state index < -0.39 is 17.8 Å². The molecule has 1 aromatic rings. The summed E-state index contributed by atoms with van der Waals surface area (Å²) in [6, 6.07) is 7.05. The summed E-state index contributed by atoms with van der Waals surface area (Å²) in [6.45, 7) is 3.84. The standard InChI is InChI=1S/C17H21NO4/c1-10-8-12(13(17(20)21)9-11(10)2)16(19)18-14-6-4-5-7-15(14)22-3/h4-7,12-13H,8-9H2,1-3H3,(H,18,19)(H,20,21)/p-1/t12-,13+/m0/s1. The van der Waals surface area contributed by atoms with E-state index in [2.05, 4.69) is 5.32 Å². The van der Waals surface area contributed by atoms with Crippen molar-refractivity contribution in [3.05, 3.63) is 35.4 Å². The predicted molar refractivity (Wildman–Crippen MR) is 81.2 cm³/mol. The lowest BCUT2D eigenvalue weighted by Crippen LogP contribution is -2.42. The SMILES string of the molecule is COc1ccccc1NC(=O)[C@H]1CC(C)=C(C)C[C@H]1C(=O)[O-]. The quantitative estimate of drug-likeness (QED) is 0.859. The van der Waals surface area contributed by atoms with Gasteiger partial charge in [-0.25, -0.2) is 0 Å². The summed E-state index contributed by atoms with van der Waals surface area (Å²) in [4.78, 5) is 23.9. The van der Waals surface area contributed by atoms with Gasteiger partial charge < -0.3 is 20.0 Å². The summed E-state index contributed by atoms with van der Waals surface area (Å²) >= 11 is 0. The number of benzene rings is 1. The average Bonchev–Trinajstić information content (AvgIpc) is 2.49. The van der Waals surface area contributed by atoms with Crippen molar-refractivity contribution >= 4 is 17.6 Å². The maximum absolute atomic E-state index is 12.5. The smallest absolute Gasteiger partial charge is 0.228 e. The molecule has 0 bridgehead atoms. The highest BCUT2D eigenvalue weighted by atomic mass is 16.5. The van der Waals surface area contributed by atoms with E-state index in [0.717, 1.165) is 11.1 Å². The number of nitrogens with one attached hydrogen (secondary N) is 1. The molecule has 0 radical (unpaired) electrons. The van der Waals surface area contributed by atoms with E-state index >= 15 is 0 Å². The normalized spacial score (nSPS) is 21.4. The fourth-order valence-corrected chi connectivity index (χ4v) is 2.79. The molecule has 0 heterocycles. The minimum atomic E-state index is -1.17. The van der Waals surface area contributed by atoms with Crippen LogP contribution in [-0.4, -0.2) is 19.0 Å². The molecular formula is C17H20NO4-. The zero-order chi connectivity index (χ0) is 16.3. The highest BCUT2D eigenvalue weighted by Crippen LogP contribution is 2.35. The molecule has 0 aliphatic heterocycles. The highest BCUT2D eigenvalue weighted by molar-refractivity contribution is 5.96. The van der Waals surface area contributed by atoms with Crippen LogP contribution in [0.15, 0.2) is 35.4 Å². The van der Waals surface area contributed by atoms with Gasteiger partial charge in [-0.15, -0.1) is 0 Å². The van der Waals surface area contributed by atoms with E-state index in [1.807, 2.05) is 13.8 Å². The molecule has 2 rings (SSSR count). The summed E-state index contributed by atoms with van der Waals surface area (Å²) in [5, 5.41) is 14.1. The molecule has 1 aliphatic rings. The average molecular weight is 302 g/mol. The van der Waals surface area contributed by atoms with Gasteiger partial charge in [0.15, 0.2) is 0 Å². The van der Waals surface area contributed by atoms with Crippen molar-refractivity contribution in [2.24, 2.45) is 11.8 Å². The Labute approximate surface area is 130 Å². The van der Waals surface area contributed by atoms with Crippen LogP contribution in [0.25, 0.3) is 0 Å². The predicted octanol–water partition coefficient (Wildman–Crippen LogP) is 1.75. The van der Waals surface area contributed by atoms with Crippen LogP contribution in [0.1, 0.15) is 26.7 Å². The molecule has 2 atom stereocenters. The molecule has 1 amide bonds. The Hall–Kier alpha value is -2.30. The minimum Gasteiger partial charge on any atom is -0.550 e. The van der Waals surface area contributed by atoms with Crippen LogP contribution in [-0.2, 0) is 9.59 Å². The minimum absolute atomic E-state index is 0.314. The summed E-state index contributed by atoms with van der Waals surface area (Å²) in [5.74, 6) is -2.37. The van der Waals surface area contributed by atoms with E-state index in [9.17, 15) is 14.7 Å². The monoisotopic (exact) mass is 302 g/mol. The van der Waals surface area contributed by atoms with Crippen molar-refractivity contribution in [2.75, 3.05) is 12.4 Å². The third-order valence-corrected chi connectivity index (χ3v) is 4.27. The van der Waals surface area contributed by atoms with Crippen LogP contribution in [0.5, 0.6) is 5.75 Å². The number of rotatable bonds is 4.